The summed E-state index contributed by atoms with van der Waals surface area (Å²) in [5.41, 5.74) is 1.34. The molecule has 0 bridgehead atoms. The lowest BCUT2D eigenvalue weighted by Gasteiger charge is -2.08. The summed E-state index contributed by atoms with van der Waals surface area (Å²) in [6, 6.07) is 1.92. The molecule has 0 aliphatic rings. The van der Waals surface area contributed by atoms with Crippen LogP contribution >= 0.6 is 11.3 Å². The first-order valence-corrected chi connectivity index (χ1v) is 10.2. The van der Waals surface area contributed by atoms with E-state index in [2.05, 4.69) is 29.8 Å². The molecule has 19 heavy (non-hydrogen) atoms. The number of carbonyl (C=O) groups excluding carboxylic acids is 1. The number of carbonyl (C=O) groups is 1. The predicted molar refractivity (Wildman–Crippen MR) is 76.7 cm³/mol. The third-order valence-electron chi connectivity index (χ3n) is 2.64. The van der Waals surface area contributed by atoms with Gasteiger partial charge in [-0.05, 0) is 6.92 Å². The zero-order chi connectivity index (χ0) is 14.2. The maximum Gasteiger partial charge on any atom is 0.349 e. The second-order valence-electron chi connectivity index (χ2n) is 5.25. The Hall–Kier alpha value is -1.47. The molecule has 2 aromatic heterocycles. The fourth-order valence-corrected chi connectivity index (χ4v) is 3.34. The lowest BCUT2D eigenvalue weighted by atomic mass is 10.4. The van der Waals surface area contributed by atoms with E-state index in [1.165, 1.54) is 18.4 Å². The Labute approximate surface area is 116 Å². The topological polar surface area (TPSA) is 65.2 Å². The van der Waals surface area contributed by atoms with E-state index in [0.29, 0.717) is 21.3 Å². The number of rotatable bonds is 3. The molecule has 2 rings (SSSR count). The van der Waals surface area contributed by atoms with Gasteiger partial charge in [-0.2, -0.15) is 0 Å². The van der Waals surface area contributed by atoms with E-state index in [-0.39, 0.29) is 5.97 Å². The standard InChI is InChI=1S/C12H16N2O3SSi/c1-7-10(12(15)16-2)18-11(13-7)8-6-9(17-14-8)19(3,4)5/h6H,1-5H3. The first-order valence-electron chi connectivity index (χ1n) is 5.86. The van der Waals surface area contributed by atoms with Crippen LogP contribution in [0.1, 0.15) is 15.4 Å². The van der Waals surface area contributed by atoms with Gasteiger partial charge in [-0.15, -0.1) is 11.3 Å². The summed E-state index contributed by atoms with van der Waals surface area (Å²) in [5, 5.41) is 5.66. The van der Waals surface area contributed by atoms with Crippen molar-refractivity contribution in [3.8, 4) is 10.7 Å². The van der Waals surface area contributed by atoms with Crippen LogP contribution in [0.4, 0.5) is 0 Å². The molecule has 0 saturated carbocycles. The highest BCUT2D eigenvalue weighted by atomic mass is 32.1. The van der Waals surface area contributed by atoms with Crippen molar-refractivity contribution >= 4 is 30.8 Å². The van der Waals surface area contributed by atoms with Crippen LogP contribution in [0, 0.1) is 6.92 Å². The molecule has 0 fully saturated rings. The van der Waals surface area contributed by atoms with Crippen LogP contribution < -0.4 is 5.38 Å². The van der Waals surface area contributed by atoms with Crippen LogP contribution in [-0.4, -0.2) is 31.3 Å². The Morgan fingerprint density at radius 1 is 1.42 bits per heavy atom. The fourth-order valence-electron chi connectivity index (χ4n) is 1.52. The normalized spacial score (nSPS) is 11.6. The Bertz CT molecular complexity index is 613. The number of aryl methyl sites for hydroxylation is 1. The summed E-state index contributed by atoms with van der Waals surface area (Å²) in [6.45, 7) is 8.34. The highest BCUT2D eigenvalue weighted by Crippen LogP contribution is 2.27. The van der Waals surface area contributed by atoms with Crippen molar-refractivity contribution in [2.24, 2.45) is 0 Å². The van der Waals surface area contributed by atoms with E-state index in [1.54, 1.807) is 6.92 Å². The maximum absolute atomic E-state index is 11.6. The number of ether oxygens (including phenoxy) is 1. The molecule has 0 aromatic carbocycles. The second-order valence-corrected chi connectivity index (χ2v) is 11.2. The number of methoxy groups -OCH3 is 1. The number of nitrogens with zero attached hydrogens (tertiary/aromatic N) is 2. The average Bonchev–Trinajstić information content (AvgIpc) is 2.93. The molecule has 0 aliphatic carbocycles. The Balaban J connectivity index is 2.38. The molecule has 7 heteroatoms. The molecule has 102 valence electrons. The number of esters is 1. The molecular weight excluding hydrogens is 280 g/mol. The average molecular weight is 296 g/mol. The monoisotopic (exact) mass is 296 g/mol. The third kappa shape index (κ3) is 2.76. The third-order valence-corrected chi connectivity index (χ3v) is 5.51. The minimum atomic E-state index is -1.52. The van der Waals surface area contributed by atoms with Gasteiger partial charge in [-0.3, -0.25) is 0 Å². The molecule has 5 nitrogen and oxygen atoms in total. The Morgan fingerprint density at radius 3 is 2.63 bits per heavy atom. The van der Waals surface area contributed by atoms with Crippen molar-refractivity contribution in [2.45, 2.75) is 26.6 Å². The Morgan fingerprint density at radius 2 is 2.11 bits per heavy atom. The molecule has 0 aliphatic heterocycles. The predicted octanol–water partition coefficient (Wildman–Crippen LogP) is 2.44. The first-order chi connectivity index (χ1) is 8.82. The molecule has 0 radical (unpaired) electrons. The molecule has 0 atom stereocenters. The summed E-state index contributed by atoms with van der Waals surface area (Å²) in [5.74, 6) is -0.366. The van der Waals surface area contributed by atoms with Gasteiger partial charge in [-0.25, -0.2) is 9.78 Å². The summed E-state index contributed by atoms with van der Waals surface area (Å²) in [7, 11) is -0.163. The van der Waals surface area contributed by atoms with E-state index < -0.39 is 8.07 Å². The van der Waals surface area contributed by atoms with E-state index in [0.717, 1.165) is 5.38 Å². The first kappa shape index (κ1) is 13.9. The van der Waals surface area contributed by atoms with E-state index in [9.17, 15) is 4.79 Å². The largest absolute Gasteiger partial charge is 0.465 e. The highest BCUT2D eigenvalue weighted by molar-refractivity contribution is 7.17. The fraction of sp³-hybridized carbons (Fsp3) is 0.417. The smallest absolute Gasteiger partial charge is 0.349 e. The van der Waals surface area contributed by atoms with Gasteiger partial charge in [0.25, 0.3) is 0 Å². The molecule has 2 heterocycles. The van der Waals surface area contributed by atoms with Gasteiger partial charge in [0.15, 0.2) is 0 Å². The second kappa shape index (κ2) is 4.90. The number of thiazole rings is 1. The van der Waals surface area contributed by atoms with Crippen LogP contribution in [0.2, 0.25) is 19.6 Å². The van der Waals surface area contributed by atoms with Crippen LogP contribution in [0.25, 0.3) is 10.7 Å². The number of hydrogen-bond donors (Lipinski definition) is 0. The number of hydrogen-bond acceptors (Lipinski definition) is 6. The molecule has 0 unspecified atom stereocenters. The van der Waals surface area contributed by atoms with E-state index in [4.69, 9.17) is 9.26 Å². The quantitative estimate of drug-likeness (QED) is 0.643. The van der Waals surface area contributed by atoms with Crippen LogP contribution in [-0.2, 0) is 4.74 Å². The van der Waals surface area contributed by atoms with Gasteiger partial charge >= 0.3 is 5.97 Å². The summed E-state index contributed by atoms with van der Waals surface area (Å²) in [6.07, 6.45) is 0. The van der Waals surface area contributed by atoms with Crippen molar-refractivity contribution < 1.29 is 14.1 Å². The van der Waals surface area contributed by atoms with Crippen molar-refractivity contribution in [1.82, 2.24) is 10.1 Å². The van der Waals surface area contributed by atoms with Gasteiger partial charge < -0.3 is 9.26 Å². The van der Waals surface area contributed by atoms with Crippen LogP contribution in [0.15, 0.2) is 10.6 Å². The highest BCUT2D eigenvalue weighted by Gasteiger charge is 2.24. The number of aromatic nitrogens is 2. The van der Waals surface area contributed by atoms with Crippen molar-refractivity contribution in [1.29, 1.82) is 0 Å². The van der Waals surface area contributed by atoms with Crippen molar-refractivity contribution in [3.63, 3.8) is 0 Å². The minimum absolute atomic E-state index is 0.366. The Kier molecular flexibility index (Phi) is 3.59. The molecular formula is C12H16N2O3SSi. The maximum atomic E-state index is 11.6. The molecule has 0 amide bonds. The SMILES string of the molecule is COC(=O)c1sc(-c2cc([Si](C)(C)C)on2)nc1C. The lowest BCUT2D eigenvalue weighted by molar-refractivity contribution is 0.0605. The summed E-state index contributed by atoms with van der Waals surface area (Å²) in [4.78, 5) is 16.4. The lowest BCUT2D eigenvalue weighted by Crippen LogP contribution is -2.36. The van der Waals surface area contributed by atoms with Crippen molar-refractivity contribution in [2.75, 3.05) is 7.11 Å². The van der Waals surface area contributed by atoms with Gasteiger partial charge in [0.1, 0.15) is 29.0 Å². The zero-order valence-corrected chi connectivity index (χ0v) is 13.4. The van der Waals surface area contributed by atoms with Gasteiger partial charge in [0.2, 0.25) is 0 Å². The molecule has 2 aromatic rings. The van der Waals surface area contributed by atoms with E-state index in [1.807, 2.05) is 6.07 Å². The summed E-state index contributed by atoms with van der Waals surface area (Å²) >= 11 is 1.28. The summed E-state index contributed by atoms with van der Waals surface area (Å²) < 4.78 is 10.1. The molecule has 0 saturated heterocycles. The van der Waals surface area contributed by atoms with Crippen molar-refractivity contribution in [3.05, 3.63) is 16.6 Å². The van der Waals surface area contributed by atoms with Crippen LogP contribution in [0.3, 0.4) is 0 Å². The molecule has 0 spiro atoms. The van der Waals surface area contributed by atoms with Gasteiger partial charge in [0, 0.05) is 6.07 Å². The van der Waals surface area contributed by atoms with Gasteiger partial charge in [-0.1, -0.05) is 24.8 Å². The van der Waals surface area contributed by atoms with E-state index >= 15 is 0 Å². The van der Waals surface area contributed by atoms with Crippen LogP contribution in [0.5, 0.6) is 0 Å². The zero-order valence-electron chi connectivity index (χ0n) is 11.6. The molecule has 0 N–H and O–H groups in total. The minimum Gasteiger partial charge on any atom is -0.465 e. The van der Waals surface area contributed by atoms with Gasteiger partial charge in [0.05, 0.1) is 12.8 Å².